The fourth-order valence-electron chi connectivity index (χ4n) is 2.63. The van der Waals surface area contributed by atoms with E-state index in [-0.39, 0.29) is 6.54 Å². The Morgan fingerprint density at radius 2 is 2.21 bits per heavy atom. The zero-order chi connectivity index (χ0) is 17.6. The Morgan fingerprint density at radius 1 is 1.42 bits per heavy atom. The highest BCUT2D eigenvalue weighted by Crippen LogP contribution is 2.31. The van der Waals surface area contributed by atoms with Crippen LogP contribution in [-0.4, -0.2) is 34.5 Å². The number of aromatic nitrogens is 1. The summed E-state index contributed by atoms with van der Waals surface area (Å²) in [4.78, 5) is 7.99. The average Bonchev–Trinajstić information content (AvgIpc) is 3.14. The van der Waals surface area contributed by atoms with Crippen LogP contribution < -0.4 is 10.6 Å². The molecule has 2 N–H and O–H groups in total. The van der Waals surface area contributed by atoms with E-state index in [1.54, 1.807) is 0 Å². The molecule has 1 aliphatic rings. The van der Waals surface area contributed by atoms with Crippen molar-refractivity contribution in [3.63, 3.8) is 0 Å². The number of thioether (sulfide) groups is 1. The number of halogens is 3. The number of hydrogen-bond donors (Lipinski definition) is 2. The van der Waals surface area contributed by atoms with E-state index < -0.39 is 11.9 Å². The fourth-order valence-corrected chi connectivity index (χ4v) is 4.50. The minimum Gasteiger partial charge on any atom is -0.357 e. The van der Waals surface area contributed by atoms with Gasteiger partial charge in [-0.25, -0.2) is 9.98 Å². The largest absolute Gasteiger partial charge is 0.434 e. The van der Waals surface area contributed by atoms with E-state index in [2.05, 4.69) is 27.5 Å². The molecule has 136 valence electrons. The second-order valence-electron chi connectivity index (χ2n) is 5.55. The molecule has 0 amide bonds. The molecule has 9 heteroatoms. The zero-order valence-electron chi connectivity index (χ0n) is 13.8. The van der Waals surface area contributed by atoms with Crippen LogP contribution in [0.5, 0.6) is 0 Å². The highest BCUT2D eigenvalue weighted by Gasteiger charge is 2.33. The van der Waals surface area contributed by atoms with Crippen molar-refractivity contribution in [2.45, 2.75) is 57.1 Å². The highest BCUT2D eigenvalue weighted by molar-refractivity contribution is 7.99. The molecule has 1 aromatic heterocycles. The van der Waals surface area contributed by atoms with Crippen LogP contribution in [0.2, 0.25) is 0 Å². The Morgan fingerprint density at radius 3 is 2.83 bits per heavy atom. The summed E-state index contributed by atoms with van der Waals surface area (Å²) in [6.07, 6.45) is -1.01. The lowest BCUT2D eigenvalue weighted by molar-refractivity contribution is -0.140. The van der Waals surface area contributed by atoms with E-state index in [1.165, 1.54) is 6.42 Å². The molecule has 2 unspecified atom stereocenters. The average molecular weight is 381 g/mol. The van der Waals surface area contributed by atoms with Crippen molar-refractivity contribution in [1.82, 2.24) is 15.6 Å². The van der Waals surface area contributed by atoms with Gasteiger partial charge in [0, 0.05) is 23.2 Å². The van der Waals surface area contributed by atoms with Crippen LogP contribution in [0.3, 0.4) is 0 Å². The van der Waals surface area contributed by atoms with Crippen LogP contribution in [0.1, 0.15) is 43.8 Å². The molecular formula is C15H23F3N4S2. The third kappa shape index (κ3) is 5.84. The van der Waals surface area contributed by atoms with Crippen LogP contribution in [-0.2, 0) is 12.7 Å². The third-order valence-electron chi connectivity index (χ3n) is 3.69. The van der Waals surface area contributed by atoms with Gasteiger partial charge < -0.3 is 10.6 Å². The molecule has 1 heterocycles. The first-order valence-corrected chi connectivity index (χ1v) is 10.0. The first kappa shape index (κ1) is 19.4. The lowest BCUT2D eigenvalue weighted by Gasteiger charge is -2.17. The van der Waals surface area contributed by atoms with Gasteiger partial charge in [-0.3, -0.25) is 0 Å². The van der Waals surface area contributed by atoms with Crippen molar-refractivity contribution < 1.29 is 13.2 Å². The van der Waals surface area contributed by atoms with E-state index in [0.29, 0.717) is 28.8 Å². The zero-order valence-corrected chi connectivity index (χ0v) is 15.5. The molecule has 2 atom stereocenters. The van der Waals surface area contributed by atoms with Gasteiger partial charge in [0.1, 0.15) is 5.01 Å². The second kappa shape index (κ2) is 8.94. The van der Waals surface area contributed by atoms with Gasteiger partial charge in [-0.1, -0.05) is 6.92 Å². The van der Waals surface area contributed by atoms with Crippen LogP contribution in [0.15, 0.2) is 10.4 Å². The lowest BCUT2D eigenvalue weighted by Crippen LogP contribution is -2.42. The molecule has 0 radical (unpaired) electrons. The fraction of sp³-hybridized carbons (Fsp3) is 0.733. The van der Waals surface area contributed by atoms with Crippen molar-refractivity contribution in [2.24, 2.45) is 4.99 Å². The Balaban J connectivity index is 1.92. The molecule has 1 fully saturated rings. The maximum atomic E-state index is 12.6. The van der Waals surface area contributed by atoms with Gasteiger partial charge in [0.2, 0.25) is 0 Å². The number of hydrogen-bond acceptors (Lipinski definition) is 4. The summed E-state index contributed by atoms with van der Waals surface area (Å²) in [5.41, 5.74) is -0.842. The van der Waals surface area contributed by atoms with Crippen LogP contribution >= 0.6 is 23.1 Å². The monoisotopic (exact) mass is 380 g/mol. The van der Waals surface area contributed by atoms with Crippen LogP contribution in [0, 0.1) is 0 Å². The van der Waals surface area contributed by atoms with Crippen molar-refractivity contribution in [3.8, 4) is 0 Å². The standard InChI is InChI=1S/C15H23F3N4S2/c1-3-19-14(21-10-5-6-11(7-10)23-4-2)20-8-13-22-12(9-24-13)15(16,17)18/h9-11H,3-8H2,1-2H3,(H2,19,20,21). The van der Waals surface area contributed by atoms with Crippen molar-refractivity contribution in [1.29, 1.82) is 0 Å². The number of rotatable bonds is 6. The molecular weight excluding hydrogens is 357 g/mol. The van der Waals surface area contributed by atoms with E-state index in [4.69, 9.17) is 0 Å². The minimum atomic E-state index is -4.39. The van der Waals surface area contributed by atoms with Gasteiger partial charge in [-0.15, -0.1) is 11.3 Å². The molecule has 1 saturated carbocycles. The minimum absolute atomic E-state index is 0.149. The summed E-state index contributed by atoms with van der Waals surface area (Å²) in [5.74, 6) is 1.77. The topological polar surface area (TPSA) is 49.3 Å². The highest BCUT2D eigenvalue weighted by atomic mass is 32.2. The normalized spacial score (nSPS) is 22.0. The number of guanidine groups is 1. The summed E-state index contributed by atoms with van der Waals surface area (Å²) < 4.78 is 37.7. The maximum absolute atomic E-state index is 12.6. The summed E-state index contributed by atoms with van der Waals surface area (Å²) >= 11 is 2.97. The molecule has 24 heavy (non-hydrogen) atoms. The molecule has 0 bridgehead atoms. The van der Waals surface area contributed by atoms with Crippen LogP contribution in [0.25, 0.3) is 0 Å². The first-order valence-electron chi connectivity index (χ1n) is 8.10. The van der Waals surface area contributed by atoms with Gasteiger partial charge in [-0.2, -0.15) is 24.9 Å². The van der Waals surface area contributed by atoms with Crippen molar-refractivity contribution >= 4 is 29.1 Å². The molecule has 0 saturated heterocycles. The van der Waals surface area contributed by atoms with Gasteiger partial charge in [0.25, 0.3) is 0 Å². The molecule has 1 aromatic rings. The Bertz CT molecular complexity index is 545. The van der Waals surface area contributed by atoms with Crippen LogP contribution in [0.4, 0.5) is 13.2 Å². The number of thiazole rings is 1. The van der Waals surface area contributed by atoms with Gasteiger partial charge in [0.05, 0.1) is 6.54 Å². The van der Waals surface area contributed by atoms with Crippen molar-refractivity contribution in [3.05, 3.63) is 16.1 Å². The van der Waals surface area contributed by atoms with Crippen molar-refractivity contribution in [2.75, 3.05) is 12.3 Å². The lowest BCUT2D eigenvalue weighted by atomic mass is 10.2. The molecule has 2 rings (SSSR count). The molecule has 4 nitrogen and oxygen atoms in total. The predicted molar refractivity (Wildman–Crippen MR) is 94.6 cm³/mol. The van der Waals surface area contributed by atoms with E-state index in [0.717, 1.165) is 35.3 Å². The predicted octanol–water partition coefficient (Wildman–Crippen LogP) is 3.89. The van der Waals surface area contributed by atoms with Gasteiger partial charge in [0.15, 0.2) is 11.7 Å². The Hall–Kier alpha value is -0.960. The van der Waals surface area contributed by atoms with Gasteiger partial charge in [-0.05, 0) is 31.9 Å². The quantitative estimate of drug-likeness (QED) is 0.581. The second-order valence-corrected chi connectivity index (χ2v) is 8.07. The SMILES string of the molecule is CCNC(=NCc1nc(C(F)(F)F)cs1)NC1CCC(SCC)C1. The molecule has 1 aliphatic carbocycles. The molecule has 0 aromatic carbocycles. The summed E-state index contributed by atoms with van der Waals surface area (Å²) in [6, 6.07) is 0.369. The maximum Gasteiger partial charge on any atom is 0.434 e. The van der Waals surface area contributed by atoms with E-state index >= 15 is 0 Å². The number of nitrogens with zero attached hydrogens (tertiary/aromatic N) is 2. The summed E-state index contributed by atoms with van der Waals surface area (Å²) in [5, 5.41) is 8.63. The Kier molecular flexibility index (Phi) is 7.21. The number of aliphatic imine (C=N–C) groups is 1. The molecule has 0 aliphatic heterocycles. The first-order chi connectivity index (χ1) is 11.4. The number of nitrogens with one attached hydrogen (secondary N) is 2. The third-order valence-corrected chi connectivity index (χ3v) is 5.75. The summed E-state index contributed by atoms with van der Waals surface area (Å²) in [6.45, 7) is 4.99. The smallest absolute Gasteiger partial charge is 0.357 e. The van der Waals surface area contributed by atoms with E-state index in [9.17, 15) is 13.2 Å². The van der Waals surface area contributed by atoms with Gasteiger partial charge >= 0.3 is 6.18 Å². The number of alkyl halides is 3. The van der Waals surface area contributed by atoms with E-state index in [1.807, 2.05) is 18.7 Å². The Labute approximate surface area is 148 Å². The summed E-state index contributed by atoms with van der Waals surface area (Å²) in [7, 11) is 0. The molecule has 0 spiro atoms.